The fourth-order valence-corrected chi connectivity index (χ4v) is 5.24. The van der Waals surface area contributed by atoms with Gasteiger partial charge in [-0.3, -0.25) is 9.59 Å². The molecule has 10 nitrogen and oxygen atoms in total. The molecule has 0 saturated carbocycles. The largest absolute Gasteiger partial charge is 0.497 e. The van der Waals surface area contributed by atoms with Crippen molar-refractivity contribution in [1.29, 1.82) is 0 Å². The van der Waals surface area contributed by atoms with Crippen molar-refractivity contribution in [2.45, 2.75) is 17.1 Å². The molecule has 3 aromatic carbocycles. The molecule has 0 saturated heterocycles. The van der Waals surface area contributed by atoms with Crippen LogP contribution in [0.1, 0.15) is 38.0 Å². The van der Waals surface area contributed by atoms with E-state index in [-0.39, 0.29) is 17.0 Å². The van der Waals surface area contributed by atoms with E-state index < -0.39 is 28.7 Å². The van der Waals surface area contributed by atoms with Crippen LogP contribution in [0.3, 0.4) is 0 Å². The molecular formula is C28H23N3O7S2. The summed E-state index contributed by atoms with van der Waals surface area (Å²) >= 11 is 2.58. The highest BCUT2D eigenvalue weighted by molar-refractivity contribution is 8.00. The molecule has 0 aliphatic heterocycles. The lowest BCUT2D eigenvalue weighted by Crippen LogP contribution is -2.22. The van der Waals surface area contributed by atoms with Crippen molar-refractivity contribution in [3.05, 3.63) is 88.8 Å². The standard InChI is InChI=1S/C28H23N3O7S2/c1-15(24(32)31-28-30-23(14-39-28)16-6-9-19(38-2)10-7-16)40-20-5-3-4-18(13-20)29-25(33)21-11-8-17(26(34)35)12-22(21)27(36)37/h3-15H,1-2H3,(H,29,33)(H,34,35)(H,36,37)(H,30,31,32). The van der Waals surface area contributed by atoms with Crippen molar-refractivity contribution in [3.8, 4) is 17.0 Å². The molecule has 12 heteroatoms. The highest BCUT2D eigenvalue weighted by Crippen LogP contribution is 2.29. The van der Waals surface area contributed by atoms with Gasteiger partial charge in [0.2, 0.25) is 5.91 Å². The maximum atomic E-state index is 12.8. The number of methoxy groups -OCH3 is 1. The number of nitrogens with one attached hydrogen (secondary N) is 2. The number of nitrogens with zero attached hydrogens (tertiary/aromatic N) is 1. The molecule has 4 aromatic rings. The van der Waals surface area contributed by atoms with Gasteiger partial charge < -0.3 is 25.6 Å². The van der Waals surface area contributed by atoms with Gasteiger partial charge in [0.05, 0.1) is 34.7 Å². The number of rotatable bonds is 10. The average molecular weight is 578 g/mol. The van der Waals surface area contributed by atoms with Crippen LogP contribution < -0.4 is 15.4 Å². The summed E-state index contributed by atoms with van der Waals surface area (Å²) in [5.74, 6) is -2.95. The summed E-state index contributed by atoms with van der Waals surface area (Å²) in [4.78, 5) is 53.6. The summed E-state index contributed by atoms with van der Waals surface area (Å²) in [6.45, 7) is 1.74. The third kappa shape index (κ3) is 6.84. The number of aromatic nitrogens is 1. The van der Waals surface area contributed by atoms with Gasteiger partial charge in [0.15, 0.2) is 5.13 Å². The quantitative estimate of drug-likeness (QED) is 0.177. The molecule has 1 aromatic heterocycles. The molecule has 4 rings (SSSR count). The van der Waals surface area contributed by atoms with Crippen LogP contribution in [0, 0.1) is 0 Å². The number of hydrogen-bond donors (Lipinski definition) is 4. The van der Waals surface area contributed by atoms with Gasteiger partial charge >= 0.3 is 11.9 Å². The molecule has 0 fully saturated rings. The Bertz CT molecular complexity index is 1590. The Morgan fingerprint density at radius 2 is 1.68 bits per heavy atom. The molecule has 0 spiro atoms. The molecule has 0 aliphatic rings. The van der Waals surface area contributed by atoms with Gasteiger partial charge in [0, 0.05) is 21.5 Å². The van der Waals surface area contributed by atoms with Crippen molar-refractivity contribution >= 4 is 57.7 Å². The second-order valence-corrected chi connectivity index (χ2v) is 10.6. The SMILES string of the molecule is COc1ccc(-c2csc(NC(=O)C(C)Sc3cccc(NC(=O)c4ccc(C(=O)O)cc4C(=O)O)c3)n2)cc1. The highest BCUT2D eigenvalue weighted by atomic mass is 32.2. The second-order valence-electron chi connectivity index (χ2n) is 8.37. The third-order valence-corrected chi connectivity index (χ3v) is 7.49. The lowest BCUT2D eigenvalue weighted by Gasteiger charge is -2.12. The fraction of sp³-hybridized carbons (Fsp3) is 0.107. The van der Waals surface area contributed by atoms with E-state index in [0.717, 1.165) is 29.1 Å². The van der Waals surface area contributed by atoms with Crippen LogP contribution in [-0.4, -0.2) is 51.3 Å². The second kappa shape index (κ2) is 12.5. The zero-order valence-electron chi connectivity index (χ0n) is 21.2. The number of carbonyl (C=O) groups excluding carboxylic acids is 2. The summed E-state index contributed by atoms with van der Waals surface area (Å²) in [6, 6.07) is 17.5. The van der Waals surface area contributed by atoms with Gasteiger partial charge in [-0.1, -0.05) is 6.07 Å². The molecule has 1 atom stereocenters. The summed E-state index contributed by atoms with van der Waals surface area (Å²) in [7, 11) is 1.60. The first-order chi connectivity index (χ1) is 19.1. The average Bonchev–Trinajstić information content (AvgIpc) is 3.41. The Labute approximate surface area is 237 Å². The Morgan fingerprint density at radius 1 is 0.925 bits per heavy atom. The third-order valence-electron chi connectivity index (χ3n) is 5.64. The number of thiazole rings is 1. The first-order valence-electron chi connectivity index (χ1n) is 11.7. The minimum Gasteiger partial charge on any atom is -0.497 e. The van der Waals surface area contributed by atoms with Gasteiger partial charge in [-0.25, -0.2) is 14.6 Å². The number of aromatic carboxylic acids is 2. The van der Waals surface area contributed by atoms with E-state index in [1.807, 2.05) is 29.6 Å². The smallest absolute Gasteiger partial charge is 0.336 e. The lowest BCUT2D eigenvalue weighted by atomic mass is 10.0. The molecule has 0 bridgehead atoms. The molecule has 0 radical (unpaired) electrons. The zero-order chi connectivity index (χ0) is 28.8. The number of benzene rings is 3. The normalized spacial score (nSPS) is 11.3. The topological polar surface area (TPSA) is 155 Å². The van der Waals surface area contributed by atoms with Crippen LogP contribution in [0.25, 0.3) is 11.3 Å². The molecule has 1 heterocycles. The van der Waals surface area contributed by atoms with E-state index in [0.29, 0.717) is 15.7 Å². The molecule has 204 valence electrons. The molecule has 40 heavy (non-hydrogen) atoms. The summed E-state index contributed by atoms with van der Waals surface area (Å²) in [6.07, 6.45) is 0. The van der Waals surface area contributed by atoms with E-state index in [4.69, 9.17) is 9.84 Å². The van der Waals surface area contributed by atoms with Crippen LogP contribution in [-0.2, 0) is 4.79 Å². The Hall–Kier alpha value is -4.68. The highest BCUT2D eigenvalue weighted by Gasteiger charge is 2.20. The van der Waals surface area contributed by atoms with Crippen LogP contribution in [0.15, 0.2) is 77.0 Å². The summed E-state index contributed by atoms with van der Waals surface area (Å²) < 4.78 is 5.17. The molecule has 1 unspecified atom stereocenters. The van der Waals surface area contributed by atoms with Gasteiger partial charge in [0.1, 0.15) is 5.75 Å². The van der Waals surface area contributed by atoms with Gasteiger partial charge in [-0.15, -0.1) is 23.1 Å². The number of carboxylic acid groups (broad SMARTS) is 2. The molecule has 0 aliphatic carbocycles. The number of carboxylic acids is 2. The monoisotopic (exact) mass is 577 g/mol. The minimum atomic E-state index is -1.42. The van der Waals surface area contributed by atoms with E-state index in [2.05, 4.69) is 15.6 Å². The first-order valence-corrected chi connectivity index (χ1v) is 13.5. The first kappa shape index (κ1) is 28.3. The summed E-state index contributed by atoms with van der Waals surface area (Å²) in [5.41, 5.74) is 1.16. The number of amides is 2. The van der Waals surface area contributed by atoms with E-state index in [1.54, 1.807) is 38.3 Å². The van der Waals surface area contributed by atoms with Crippen molar-refractivity contribution in [1.82, 2.24) is 4.98 Å². The number of ether oxygens (including phenoxy) is 1. The Kier molecular flexibility index (Phi) is 8.82. The van der Waals surface area contributed by atoms with Gasteiger partial charge in [-0.2, -0.15) is 0 Å². The maximum absolute atomic E-state index is 12.8. The minimum absolute atomic E-state index is 0.180. The van der Waals surface area contributed by atoms with Crippen LogP contribution >= 0.6 is 23.1 Å². The molecule has 4 N–H and O–H groups in total. The van der Waals surface area contributed by atoms with Crippen LogP contribution in [0.2, 0.25) is 0 Å². The number of thioether (sulfide) groups is 1. The van der Waals surface area contributed by atoms with Crippen LogP contribution in [0.4, 0.5) is 10.8 Å². The van der Waals surface area contributed by atoms with Crippen molar-refractivity contribution in [2.75, 3.05) is 17.7 Å². The van der Waals surface area contributed by atoms with E-state index in [1.165, 1.54) is 29.2 Å². The molecule has 2 amide bonds. The molecular weight excluding hydrogens is 554 g/mol. The maximum Gasteiger partial charge on any atom is 0.336 e. The predicted molar refractivity (Wildman–Crippen MR) is 153 cm³/mol. The predicted octanol–water partition coefficient (Wildman–Crippen LogP) is 5.59. The van der Waals surface area contributed by atoms with Crippen molar-refractivity contribution in [3.63, 3.8) is 0 Å². The van der Waals surface area contributed by atoms with Gasteiger partial charge in [0.25, 0.3) is 5.91 Å². The Balaban J connectivity index is 1.39. The number of hydrogen-bond acceptors (Lipinski definition) is 8. The van der Waals surface area contributed by atoms with E-state index >= 15 is 0 Å². The number of anilines is 2. The number of carbonyl (C=O) groups is 4. The summed E-state index contributed by atoms with van der Waals surface area (Å²) in [5, 5.41) is 25.8. The van der Waals surface area contributed by atoms with Crippen LogP contribution in [0.5, 0.6) is 5.75 Å². The van der Waals surface area contributed by atoms with Gasteiger partial charge in [-0.05, 0) is 67.6 Å². The zero-order valence-corrected chi connectivity index (χ0v) is 22.8. The Morgan fingerprint density at radius 3 is 2.35 bits per heavy atom. The van der Waals surface area contributed by atoms with Crippen molar-refractivity contribution < 1.29 is 34.1 Å². The lowest BCUT2D eigenvalue weighted by molar-refractivity contribution is -0.115. The van der Waals surface area contributed by atoms with E-state index in [9.17, 15) is 24.3 Å². The fourth-order valence-electron chi connectivity index (χ4n) is 3.59. The van der Waals surface area contributed by atoms with Crippen molar-refractivity contribution in [2.24, 2.45) is 0 Å².